The van der Waals surface area contributed by atoms with Crippen molar-refractivity contribution in [3.63, 3.8) is 0 Å². The van der Waals surface area contributed by atoms with Crippen molar-refractivity contribution in [3.05, 3.63) is 65.0 Å². The normalized spacial score (nSPS) is 17.3. The van der Waals surface area contributed by atoms with Crippen LogP contribution in [0.1, 0.15) is 44.4 Å². The number of amides is 1. The SMILES string of the molecule is CCOc1cc(C2C(=C(O)c3ccc(F)cc3)C(=O)C(=O)N2CCN(C)C)ccc1OCCC(C)C. The Balaban J connectivity index is 2.10. The zero-order chi connectivity index (χ0) is 26.4. The first-order chi connectivity index (χ1) is 17.1. The number of carbonyl (C=O) groups excluding carboxylic acids is 2. The summed E-state index contributed by atoms with van der Waals surface area (Å²) < 4.78 is 25.3. The van der Waals surface area contributed by atoms with Crippen molar-refractivity contribution in [3.8, 4) is 11.5 Å². The van der Waals surface area contributed by atoms with Crippen LogP contribution in [-0.2, 0) is 9.59 Å². The molecule has 1 amide bonds. The van der Waals surface area contributed by atoms with Gasteiger partial charge in [0.15, 0.2) is 11.5 Å². The first-order valence-corrected chi connectivity index (χ1v) is 12.2. The van der Waals surface area contributed by atoms with Crippen LogP contribution < -0.4 is 9.47 Å². The minimum atomic E-state index is -0.834. The topological polar surface area (TPSA) is 79.3 Å². The van der Waals surface area contributed by atoms with E-state index in [1.165, 1.54) is 29.2 Å². The van der Waals surface area contributed by atoms with E-state index in [2.05, 4.69) is 13.8 Å². The van der Waals surface area contributed by atoms with Crippen LogP contribution in [0, 0.1) is 11.7 Å². The predicted octanol–water partition coefficient (Wildman–Crippen LogP) is 4.63. The standard InChI is InChI=1S/C28H35FN2O5/c1-6-35-23-17-20(9-12-22(23)36-16-13-18(2)3)25-24(26(32)19-7-10-21(29)11-8-19)27(33)28(34)31(25)15-14-30(4)5/h7-12,17-18,25,32H,6,13-16H2,1-5H3. The number of aliphatic hydroxyl groups is 1. The third-order valence-corrected chi connectivity index (χ3v) is 5.98. The number of nitrogens with zero attached hydrogens (tertiary/aromatic N) is 2. The van der Waals surface area contributed by atoms with Gasteiger partial charge in [0.2, 0.25) is 0 Å². The highest BCUT2D eigenvalue weighted by Gasteiger charge is 2.46. The first kappa shape index (κ1) is 27.2. The molecule has 3 rings (SSSR count). The number of aliphatic hydroxyl groups excluding tert-OH is 1. The van der Waals surface area contributed by atoms with Crippen molar-refractivity contribution in [1.29, 1.82) is 0 Å². The molecule has 0 aliphatic carbocycles. The van der Waals surface area contributed by atoms with Gasteiger partial charge < -0.3 is 24.4 Å². The molecule has 0 radical (unpaired) electrons. The van der Waals surface area contributed by atoms with E-state index >= 15 is 0 Å². The number of likely N-dealkylation sites (tertiary alicyclic amines) is 1. The third kappa shape index (κ3) is 6.23. The van der Waals surface area contributed by atoms with E-state index in [9.17, 15) is 19.1 Å². The van der Waals surface area contributed by atoms with Crippen molar-refractivity contribution in [2.45, 2.75) is 33.2 Å². The number of Topliss-reactive ketones (excluding diaryl/α,β-unsaturated/α-hetero) is 1. The maximum Gasteiger partial charge on any atom is 0.295 e. The second-order valence-corrected chi connectivity index (χ2v) is 9.47. The number of benzene rings is 2. The van der Waals surface area contributed by atoms with Gasteiger partial charge in [-0.1, -0.05) is 19.9 Å². The minimum absolute atomic E-state index is 0.0405. The molecular formula is C28H35FN2O5. The Kier molecular flexibility index (Phi) is 9.09. The molecule has 1 N–H and O–H groups in total. The van der Waals surface area contributed by atoms with Gasteiger partial charge in [0.05, 0.1) is 24.8 Å². The van der Waals surface area contributed by atoms with Crippen LogP contribution in [0.3, 0.4) is 0 Å². The molecule has 194 valence electrons. The Morgan fingerprint density at radius 1 is 1.08 bits per heavy atom. The van der Waals surface area contributed by atoms with Gasteiger partial charge >= 0.3 is 0 Å². The highest BCUT2D eigenvalue weighted by atomic mass is 19.1. The summed E-state index contributed by atoms with van der Waals surface area (Å²) >= 11 is 0. The number of carbonyl (C=O) groups is 2. The Labute approximate surface area is 212 Å². The van der Waals surface area contributed by atoms with Crippen LogP contribution in [0.5, 0.6) is 11.5 Å². The molecule has 0 saturated carbocycles. The third-order valence-electron chi connectivity index (χ3n) is 5.98. The van der Waals surface area contributed by atoms with Gasteiger partial charge in [-0.2, -0.15) is 0 Å². The number of hydrogen-bond acceptors (Lipinski definition) is 6. The quantitative estimate of drug-likeness (QED) is 0.276. The predicted molar refractivity (Wildman–Crippen MR) is 137 cm³/mol. The molecule has 1 saturated heterocycles. The van der Waals surface area contributed by atoms with E-state index < -0.39 is 23.5 Å². The minimum Gasteiger partial charge on any atom is -0.507 e. The number of halogens is 1. The van der Waals surface area contributed by atoms with Crippen LogP contribution >= 0.6 is 0 Å². The first-order valence-electron chi connectivity index (χ1n) is 12.2. The molecule has 1 heterocycles. The van der Waals surface area contributed by atoms with E-state index in [1.807, 2.05) is 25.9 Å². The van der Waals surface area contributed by atoms with E-state index in [0.717, 1.165) is 6.42 Å². The number of hydrogen-bond donors (Lipinski definition) is 1. The van der Waals surface area contributed by atoms with Crippen LogP contribution in [0.15, 0.2) is 48.0 Å². The van der Waals surface area contributed by atoms with Crippen molar-refractivity contribution in [2.24, 2.45) is 5.92 Å². The lowest BCUT2D eigenvalue weighted by Crippen LogP contribution is -2.35. The summed E-state index contributed by atoms with van der Waals surface area (Å²) in [5.74, 6) is -0.729. The number of rotatable bonds is 11. The highest BCUT2D eigenvalue weighted by Crippen LogP contribution is 2.42. The van der Waals surface area contributed by atoms with Crippen molar-refractivity contribution in [2.75, 3.05) is 40.4 Å². The maximum atomic E-state index is 13.5. The second kappa shape index (κ2) is 12.0. The lowest BCUT2D eigenvalue weighted by atomic mass is 9.95. The molecule has 2 aromatic rings. The van der Waals surface area contributed by atoms with E-state index in [0.29, 0.717) is 42.7 Å². The van der Waals surface area contributed by atoms with E-state index in [-0.39, 0.29) is 23.4 Å². The lowest BCUT2D eigenvalue weighted by molar-refractivity contribution is -0.140. The molecule has 1 atom stereocenters. The molecule has 1 unspecified atom stereocenters. The smallest absolute Gasteiger partial charge is 0.295 e. The van der Waals surface area contributed by atoms with Gasteiger partial charge in [-0.25, -0.2) is 4.39 Å². The summed E-state index contributed by atoms with van der Waals surface area (Å²) in [4.78, 5) is 29.6. The van der Waals surface area contributed by atoms with E-state index in [4.69, 9.17) is 9.47 Å². The fourth-order valence-corrected chi connectivity index (χ4v) is 4.02. The van der Waals surface area contributed by atoms with Crippen molar-refractivity contribution in [1.82, 2.24) is 9.80 Å². The van der Waals surface area contributed by atoms with Gasteiger partial charge in [0.1, 0.15) is 11.6 Å². The molecule has 2 aromatic carbocycles. The lowest BCUT2D eigenvalue weighted by Gasteiger charge is -2.27. The molecule has 0 aromatic heterocycles. The average molecular weight is 499 g/mol. The monoisotopic (exact) mass is 498 g/mol. The number of likely N-dealkylation sites (N-methyl/N-ethyl adjacent to an activating group) is 1. The Hall–Kier alpha value is -3.39. The fourth-order valence-electron chi connectivity index (χ4n) is 4.02. The van der Waals surface area contributed by atoms with Gasteiger partial charge in [-0.05, 0) is 75.3 Å². The molecule has 8 heteroatoms. The summed E-state index contributed by atoms with van der Waals surface area (Å²) in [6, 6.07) is 9.63. The van der Waals surface area contributed by atoms with Gasteiger partial charge in [-0.3, -0.25) is 9.59 Å². The number of ketones is 1. The Bertz CT molecular complexity index is 1110. The average Bonchev–Trinajstić information content (AvgIpc) is 3.08. The second-order valence-electron chi connectivity index (χ2n) is 9.47. The Morgan fingerprint density at radius 2 is 1.78 bits per heavy atom. The van der Waals surface area contributed by atoms with Crippen LogP contribution in [0.2, 0.25) is 0 Å². The van der Waals surface area contributed by atoms with Crippen LogP contribution in [0.25, 0.3) is 5.76 Å². The van der Waals surface area contributed by atoms with Crippen molar-refractivity contribution >= 4 is 17.4 Å². The molecule has 36 heavy (non-hydrogen) atoms. The molecule has 1 aliphatic rings. The maximum absolute atomic E-state index is 13.5. The summed E-state index contributed by atoms with van der Waals surface area (Å²) in [5.41, 5.74) is 0.822. The molecule has 1 aliphatic heterocycles. The van der Waals surface area contributed by atoms with E-state index in [1.54, 1.807) is 18.2 Å². The zero-order valence-electron chi connectivity index (χ0n) is 21.6. The van der Waals surface area contributed by atoms with Crippen LogP contribution in [0.4, 0.5) is 4.39 Å². The molecule has 1 fully saturated rings. The molecule has 0 bridgehead atoms. The zero-order valence-corrected chi connectivity index (χ0v) is 21.6. The van der Waals surface area contributed by atoms with Gasteiger partial charge in [0.25, 0.3) is 11.7 Å². The summed E-state index contributed by atoms with van der Waals surface area (Å²) in [5, 5.41) is 11.1. The summed E-state index contributed by atoms with van der Waals surface area (Å²) in [7, 11) is 3.75. The van der Waals surface area contributed by atoms with Crippen molar-refractivity contribution < 1.29 is 28.6 Å². The van der Waals surface area contributed by atoms with Gasteiger partial charge in [0, 0.05) is 18.7 Å². The molecule has 0 spiro atoms. The highest BCUT2D eigenvalue weighted by molar-refractivity contribution is 6.46. The summed E-state index contributed by atoms with van der Waals surface area (Å²) in [6.07, 6.45) is 0.885. The largest absolute Gasteiger partial charge is 0.507 e. The van der Waals surface area contributed by atoms with Crippen LogP contribution in [-0.4, -0.2) is 67.0 Å². The van der Waals surface area contributed by atoms with Gasteiger partial charge in [-0.15, -0.1) is 0 Å². The Morgan fingerprint density at radius 3 is 2.39 bits per heavy atom. The fraction of sp³-hybridized carbons (Fsp3) is 0.429. The summed E-state index contributed by atoms with van der Waals surface area (Å²) in [6.45, 7) is 7.83. The molecular weight excluding hydrogens is 463 g/mol. The molecule has 7 nitrogen and oxygen atoms in total. The number of ether oxygens (including phenoxy) is 2.